The van der Waals surface area contributed by atoms with E-state index in [0.29, 0.717) is 27.5 Å². The van der Waals surface area contributed by atoms with Crippen molar-refractivity contribution in [2.75, 3.05) is 11.1 Å². The number of carbonyl (C=O) groups excluding carboxylic acids is 3. The normalized spacial score (nSPS) is 23.0. The number of amidine groups is 2. The summed E-state index contributed by atoms with van der Waals surface area (Å²) in [5.74, 6) is 0.254. The van der Waals surface area contributed by atoms with E-state index in [4.69, 9.17) is 11.6 Å². The monoisotopic (exact) mass is 397 g/mol. The van der Waals surface area contributed by atoms with Gasteiger partial charge in [-0.2, -0.15) is 0 Å². The molecule has 130 valence electrons. The number of hydrogen-bond donors (Lipinski definition) is 3. The van der Waals surface area contributed by atoms with Crippen molar-refractivity contribution in [2.24, 2.45) is 10.2 Å². The van der Waals surface area contributed by atoms with Gasteiger partial charge in [-0.1, -0.05) is 35.1 Å². The Morgan fingerprint density at radius 2 is 2.00 bits per heavy atom. The van der Waals surface area contributed by atoms with E-state index in [9.17, 15) is 14.4 Å². The van der Waals surface area contributed by atoms with Gasteiger partial charge in [-0.25, -0.2) is 0 Å². The highest BCUT2D eigenvalue weighted by Crippen LogP contribution is 2.23. The SMILES string of the molecule is O=C(CC1SC(=N/N=C2/CSC(=O)N2)NC1=O)Nc1ccc(Cl)cc1. The second-order valence-corrected chi connectivity index (χ2v) is 7.58. The van der Waals surface area contributed by atoms with Crippen LogP contribution in [0.25, 0.3) is 0 Å². The molecular formula is C14H12ClN5O3S2. The molecule has 0 aromatic heterocycles. The van der Waals surface area contributed by atoms with Crippen LogP contribution in [0.15, 0.2) is 34.5 Å². The molecule has 2 fully saturated rings. The van der Waals surface area contributed by atoms with Gasteiger partial charge < -0.3 is 16.0 Å². The van der Waals surface area contributed by atoms with Gasteiger partial charge in [-0.05, 0) is 24.3 Å². The first-order valence-electron chi connectivity index (χ1n) is 7.11. The Bertz CT molecular complexity index is 781. The second kappa shape index (κ2) is 7.89. The third-order valence-electron chi connectivity index (χ3n) is 3.12. The number of hydrogen-bond acceptors (Lipinski definition) is 7. The summed E-state index contributed by atoms with van der Waals surface area (Å²) in [7, 11) is 0. The maximum Gasteiger partial charge on any atom is 0.284 e. The average Bonchev–Trinajstić information content (AvgIpc) is 3.14. The van der Waals surface area contributed by atoms with Gasteiger partial charge in [0, 0.05) is 17.1 Å². The van der Waals surface area contributed by atoms with Gasteiger partial charge in [0.2, 0.25) is 11.8 Å². The van der Waals surface area contributed by atoms with Crippen molar-refractivity contribution in [2.45, 2.75) is 11.7 Å². The van der Waals surface area contributed by atoms with Crippen LogP contribution in [0.5, 0.6) is 0 Å². The molecule has 1 unspecified atom stereocenters. The van der Waals surface area contributed by atoms with Gasteiger partial charge in [0.1, 0.15) is 11.1 Å². The molecule has 0 aliphatic carbocycles. The predicted molar refractivity (Wildman–Crippen MR) is 100 cm³/mol. The Morgan fingerprint density at radius 1 is 1.24 bits per heavy atom. The fourth-order valence-corrected chi connectivity index (χ4v) is 3.62. The van der Waals surface area contributed by atoms with Crippen molar-refractivity contribution in [1.82, 2.24) is 10.6 Å². The van der Waals surface area contributed by atoms with E-state index in [1.807, 2.05) is 0 Å². The highest BCUT2D eigenvalue weighted by Gasteiger charge is 2.32. The van der Waals surface area contributed by atoms with Crippen LogP contribution in [0.4, 0.5) is 10.5 Å². The van der Waals surface area contributed by atoms with E-state index >= 15 is 0 Å². The first-order valence-corrected chi connectivity index (χ1v) is 9.35. The summed E-state index contributed by atoms with van der Waals surface area (Å²) < 4.78 is 0. The zero-order chi connectivity index (χ0) is 17.8. The van der Waals surface area contributed by atoms with Crippen molar-refractivity contribution in [1.29, 1.82) is 0 Å². The molecule has 2 aliphatic heterocycles. The molecule has 1 aromatic carbocycles. The number of nitrogens with zero attached hydrogens (tertiary/aromatic N) is 2. The Kier molecular flexibility index (Phi) is 5.61. The molecule has 0 bridgehead atoms. The van der Waals surface area contributed by atoms with E-state index in [1.165, 1.54) is 0 Å². The maximum atomic E-state index is 12.1. The number of carbonyl (C=O) groups is 3. The summed E-state index contributed by atoms with van der Waals surface area (Å²) in [6.07, 6.45) is 0.00130. The summed E-state index contributed by atoms with van der Waals surface area (Å²) in [6.45, 7) is 0. The molecule has 0 saturated carbocycles. The number of halogens is 1. The Morgan fingerprint density at radius 3 is 2.68 bits per heavy atom. The molecule has 3 rings (SSSR count). The highest BCUT2D eigenvalue weighted by atomic mass is 35.5. The lowest BCUT2D eigenvalue weighted by Crippen LogP contribution is -2.28. The first kappa shape index (κ1) is 17.8. The molecule has 1 atom stereocenters. The average molecular weight is 398 g/mol. The fourth-order valence-electron chi connectivity index (χ4n) is 1.98. The third kappa shape index (κ3) is 4.97. The molecule has 3 amide bonds. The van der Waals surface area contributed by atoms with Crippen molar-refractivity contribution < 1.29 is 14.4 Å². The highest BCUT2D eigenvalue weighted by molar-refractivity contribution is 8.15. The molecule has 1 aromatic rings. The van der Waals surface area contributed by atoms with Crippen LogP contribution in [0.2, 0.25) is 5.02 Å². The second-order valence-electron chi connectivity index (χ2n) is 5.01. The van der Waals surface area contributed by atoms with Crippen molar-refractivity contribution in [3.63, 3.8) is 0 Å². The Hall–Kier alpha value is -2.04. The molecule has 25 heavy (non-hydrogen) atoms. The van der Waals surface area contributed by atoms with Crippen LogP contribution < -0.4 is 16.0 Å². The summed E-state index contributed by atoms with van der Waals surface area (Å²) in [6, 6.07) is 6.69. The zero-order valence-corrected chi connectivity index (χ0v) is 15.0. The lowest BCUT2D eigenvalue weighted by molar-refractivity contribution is -0.122. The van der Waals surface area contributed by atoms with Crippen LogP contribution in [-0.4, -0.2) is 39.1 Å². The van der Waals surface area contributed by atoms with E-state index in [-0.39, 0.29) is 23.5 Å². The lowest BCUT2D eigenvalue weighted by Gasteiger charge is -2.07. The van der Waals surface area contributed by atoms with Crippen molar-refractivity contribution in [3.05, 3.63) is 29.3 Å². The molecule has 0 spiro atoms. The van der Waals surface area contributed by atoms with E-state index in [2.05, 4.69) is 26.2 Å². The lowest BCUT2D eigenvalue weighted by atomic mass is 10.2. The molecule has 2 saturated heterocycles. The minimum atomic E-state index is -0.584. The van der Waals surface area contributed by atoms with Gasteiger partial charge in [0.05, 0.1) is 5.75 Å². The quantitative estimate of drug-likeness (QED) is 0.673. The molecule has 11 heteroatoms. The number of thioether (sulfide) groups is 2. The maximum absolute atomic E-state index is 12.1. The predicted octanol–water partition coefficient (Wildman–Crippen LogP) is 2.03. The van der Waals surface area contributed by atoms with Gasteiger partial charge in [-0.3, -0.25) is 14.4 Å². The van der Waals surface area contributed by atoms with E-state index in [1.54, 1.807) is 24.3 Å². The van der Waals surface area contributed by atoms with Crippen molar-refractivity contribution >= 4 is 68.9 Å². The Balaban J connectivity index is 1.54. The van der Waals surface area contributed by atoms with Gasteiger partial charge in [0.25, 0.3) is 5.24 Å². The van der Waals surface area contributed by atoms with Crippen LogP contribution in [-0.2, 0) is 9.59 Å². The van der Waals surface area contributed by atoms with Crippen molar-refractivity contribution in [3.8, 4) is 0 Å². The number of nitrogens with one attached hydrogen (secondary N) is 3. The molecule has 2 heterocycles. The first-order chi connectivity index (χ1) is 12.0. The van der Waals surface area contributed by atoms with Crippen LogP contribution in [0.3, 0.4) is 0 Å². The summed E-state index contributed by atoms with van der Waals surface area (Å²) in [5, 5.41) is 15.7. The minimum absolute atomic E-state index is 0.00130. The molecule has 8 nitrogen and oxygen atoms in total. The van der Waals surface area contributed by atoms with Gasteiger partial charge in [-0.15, -0.1) is 10.2 Å². The fraction of sp³-hybridized carbons (Fsp3) is 0.214. The number of rotatable bonds is 4. The zero-order valence-electron chi connectivity index (χ0n) is 12.6. The standard InChI is InChI=1S/C14H12ClN5O3S2/c15-7-1-3-8(4-2-7)16-11(21)5-9-12(22)18-13(25-9)20-19-10-6-24-14(23)17-10/h1-4,9H,5-6H2,(H,16,21)(H,17,19,23)(H,18,20,22). The van der Waals surface area contributed by atoms with E-state index < -0.39 is 5.25 Å². The third-order valence-corrected chi connectivity index (χ3v) is 5.23. The van der Waals surface area contributed by atoms with Crippen LogP contribution in [0, 0.1) is 0 Å². The summed E-state index contributed by atoms with van der Waals surface area (Å²) >= 11 is 8.01. The largest absolute Gasteiger partial charge is 0.326 e. The molecular weight excluding hydrogens is 386 g/mol. The van der Waals surface area contributed by atoms with Gasteiger partial charge >= 0.3 is 0 Å². The Labute approximate surface area is 156 Å². The number of anilines is 1. The van der Waals surface area contributed by atoms with Crippen LogP contribution >= 0.6 is 35.1 Å². The topological polar surface area (TPSA) is 112 Å². The molecule has 2 aliphatic rings. The van der Waals surface area contributed by atoms with Crippen LogP contribution in [0.1, 0.15) is 6.42 Å². The molecule has 3 N–H and O–H groups in total. The summed E-state index contributed by atoms with van der Waals surface area (Å²) in [5.41, 5.74) is 0.604. The number of benzene rings is 1. The summed E-state index contributed by atoms with van der Waals surface area (Å²) in [4.78, 5) is 35.0. The number of amides is 3. The molecule has 0 radical (unpaired) electrons. The van der Waals surface area contributed by atoms with E-state index in [0.717, 1.165) is 23.5 Å². The smallest absolute Gasteiger partial charge is 0.284 e. The minimum Gasteiger partial charge on any atom is -0.326 e. The van der Waals surface area contributed by atoms with Gasteiger partial charge in [0.15, 0.2) is 5.17 Å².